The van der Waals surface area contributed by atoms with Gasteiger partial charge >= 0.3 is 6.18 Å². The summed E-state index contributed by atoms with van der Waals surface area (Å²) in [6.45, 7) is -0.176. The number of aliphatic hydroxyl groups excluding tert-OH is 1. The highest BCUT2D eigenvalue weighted by Gasteiger charge is 2.36. The van der Waals surface area contributed by atoms with Crippen LogP contribution < -0.4 is 15.8 Å². The number of nitrogens with one attached hydrogen (secondary N) is 1. The van der Waals surface area contributed by atoms with Gasteiger partial charge in [-0.05, 0) is 24.3 Å². The van der Waals surface area contributed by atoms with Gasteiger partial charge in [0, 0.05) is 12.5 Å². The maximum absolute atomic E-state index is 14.2. The minimum atomic E-state index is -4.99. The van der Waals surface area contributed by atoms with Crippen LogP contribution in [0.4, 0.5) is 27.6 Å². The molecule has 0 saturated carbocycles. The average molecular weight is 483 g/mol. The van der Waals surface area contributed by atoms with Crippen molar-refractivity contribution < 1.29 is 36.6 Å². The summed E-state index contributed by atoms with van der Waals surface area (Å²) in [6, 6.07) is 3.81. The maximum atomic E-state index is 14.2. The Balaban J connectivity index is 1.96. The van der Waals surface area contributed by atoms with Crippen molar-refractivity contribution in [2.45, 2.75) is 6.18 Å². The molecule has 34 heavy (non-hydrogen) atoms. The molecule has 0 bridgehead atoms. The van der Waals surface area contributed by atoms with Gasteiger partial charge < -0.3 is 20.9 Å². The van der Waals surface area contributed by atoms with Gasteiger partial charge in [-0.1, -0.05) is 6.07 Å². The first-order valence-electron chi connectivity index (χ1n) is 9.73. The molecule has 0 saturated heterocycles. The van der Waals surface area contributed by atoms with Crippen molar-refractivity contribution >= 4 is 11.6 Å². The minimum absolute atomic E-state index is 0.0396. The van der Waals surface area contributed by atoms with Crippen LogP contribution in [-0.4, -0.2) is 45.7 Å². The van der Waals surface area contributed by atoms with Crippen LogP contribution in [0.2, 0.25) is 0 Å². The molecule has 1 atom stereocenters. The third-order valence-electron chi connectivity index (χ3n) is 4.60. The summed E-state index contributed by atoms with van der Waals surface area (Å²) in [5.41, 5.74) is 1.35. The molecule has 0 aliphatic carbocycles. The molecule has 2 heterocycles. The van der Waals surface area contributed by atoms with Gasteiger partial charge in [0.25, 0.3) is 5.91 Å². The molecule has 0 fully saturated rings. The summed E-state index contributed by atoms with van der Waals surface area (Å²) in [7, 11) is 0. The summed E-state index contributed by atoms with van der Waals surface area (Å²) in [5, 5.41) is 11.5. The van der Waals surface area contributed by atoms with E-state index < -0.39 is 52.2 Å². The number of benzene rings is 1. The van der Waals surface area contributed by atoms with E-state index in [4.69, 9.17) is 10.5 Å². The molecule has 3 rings (SSSR count). The SMILES string of the molecule is NCC(CO)COc1ncncc1NC(=O)c1ccc(C(F)(F)F)c(-c2c(F)cccc2F)n1. The summed E-state index contributed by atoms with van der Waals surface area (Å²) in [4.78, 5) is 23.9. The van der Waals surface area contributed by atoms with Crippen LogP contribution in [0.5, 0.6) is 5.88 Å². The Morgan fingerprint density at radius 1 is 1.18 bits per heavy atom. The first-order valence-corrected chi connectivity index (χ1v) is 9.73. The fourth-order valence-corrected chi connectivity index (χ4v) is 2.83. The normalized spacial score (nSPS) is 12.3. The highest BCUT2D eigenvalue weighted by Crippen LogP contribution is 2.38. The fourth-order valence-electron chi connectivity index (χ4n) is 2.83. The second-order valence-corrected chi connectivity index (χ2v) is 6.98. The summed E-state index contributed by atoms with van der Waals surface area (Å²) in [6.07, 6.45) is -2.71. The Kier molecular flexibility index (Phi) is 7.68. The number of rotatable bonds is 8. The standard InChI is InChI=1S/C21H18F5N5O3/c22-13-2-1-3-14(23)17(13)18-12(21(24,25)26)4-5-15(30-18)19(33)31-16-7-28-10-29-20(16)34-9-11(6-27)8-32/h1-5,7,10-11,32H,6,8-9,27H2,(H,31,33). The first kappa shape index (κ1) is 24.9. The molecule has 1 aromatic carbocycles. The smallest absolute Gasteiger partial charge is 0.418 e. The summed E-state index contributed by atoms with van der Waals surface area (Å²) in [5.74, 6) is -4.07. The monoisotopic (exact) mass is 483 g/mol. The number of aliphatic hydroxyl groups is 1. The number of ether oxygens (including phenoxy) is 1. The lowest BCUT2D eigenvalue weighted by atomic mass is 10.0. The van der Waals surface area contributed by atoms with Crippen LogP contribution >= 0.6 is 0 Å². The van der Waals surface area contributed by atoms with Crippen molar-refractivity contribution in [3.8, 4) is 17.1 Å². The number of nitrogens with two attached hydrogens (primary N) is 1. The number of carbonyl (C=O) groups excluding carboxylic acids is 1. The van der Waals surface area contributed by atoms with Gasteiger partial charge in [0.15, 0.2) is 0 Å². The molecule has 0 spiro atoms. The number of amides is 1. The molecular weight excluding hydrogens is 465 g/mol. The van der Waals surface area contributed by atoms with E-state index in [1.54, 1.807) is 0 Å². The number of hydrogen-bond acceptors (Lipinski definition) is 7. The van der Waals surface area contributed by atoms with Crippen LogP contribution in [0.25, 0.3) is 11.3 Å². The number of carbonyl (C=O) groups is 1. The van der Waals surface area contributed by atoms with Gasteiger partial charge in [0.1, 0.15) is 29.3 Å². The van der Waals surface area contributed by atoms with Crippen LogP contribution in [0, 0.1) is 17.6 Å². The number of nitrogens with zero attached hydrogens (tertiary/aromatic N) is 3. The van der Waals surface area contributed by atoms with E-state index in [-0.39, 0.29) is 31.3 Å². The van der Waals surface area contributed by atoms with Crippen molar-refractivity contribution in [1.29, 1.82) is 0 Å². The summed E-state index contributed by atoms with van der Waals surface area (Å²) < 4.78 is 74.4. The number of pyridine rings is 1. The van der Waals surface area contributed by atoms with Gasteiger partial charge in [-0.2, -0.15) is 18.2 Å². The lowest BCUT2D eigenvalue weighted by Gasteiger charge is -2.16. The molecule has 0 radical (unpaired) electrons. The van der Waals surface area contributed by atoms with Crippen LogP contribution in [0.15, 0.2) is 42.9 Å². The average Bonchev–Trinajstić information content (AvgIpc) is 2.80. The topological polar surface area (TPSA) is 123 Å². The van der Waals surface area contributed by atoms with Crippen LogP contribution in [0.1, 0.15) is 16.1 Å². The zero-order chi connectivity index (χ0) is 24.9. The van der Waals surface area contributed by atoms with Crippen LogP contribution in [0.3, 0.4) is 0 Å². The Bertz CT molecular complexity index is 1150. The lowest BCUT2D eigenvalue weighted by Crippen LogP contribution is -2.25. The quantitative estimate of drug-likeness (QED) is 0.421. The Hall–Kier alpha value is -3.71. The predicted molar refractivity (Wildman–Crippen MR) is 110 cm³/mol. The van der Waals surface area contributed by atoms with Crippen molar-refractivity contribution in [3.63, 3.8) is 0 Å². The molecule has 0 aliphatic rings. The van der Waals surface area contributed by atoms with E-state index in [9.17, 15) is 31.9 Å². The molecule has 180 valence electrons. The predicted octanol–water partition coefficient (Wildman–Crippen LogP) is 3.03. The Morgan fingerprint density at radius 3 is 2.50 bits per heavy atom. The first-order chi connectivity index (χ1) is 16.2. The van der Waals surface area contributed by atoms with E-state index in [1.807, 2.05) is 0 Å². The highest BCUT2D eigenvalue weighted by molar-refractivity contribution is 6.03. The van der Waals surface area contributed by atoms with Crippen molar-refractivity contribution in [2.75, 3.05) is 25.1 Å². The summed E-state index contributed by atoms with van der Waals surface area (Å²) >= 11 is 0. The van der Waals surface area contributed by atoms with Gasteiger partial charge in [0.2, 0.25) is 5.88 Å². The van der Waals surface area contributed by atoms with Crippen molar-refractivity contribution in [2.24, 2.45) is 11.7 Å². The molecule has 8 nitrogen and oxygen atoms in total. The Morgan fingerprint density at radius 2 is 1.88 bits per heavy atom. The number of aromatic nitrogens is 3. The van der Waals surface area contributed by atoms with E-state index in [2.05, 4.69) is 20.3 Å². The second kappa shape index (κ2) is 10.5. The second-order valence-electron chi connectivity index (χ2n) is 6.98. The van der Waals surface area contributed by atoms with E-state index >= 15 is 0 Å². The highest BCUT2D eigenvalue weighted by atomic mass is 19.4. The molecule has 3 aromatic rings. The zero-order valence-corrected chi connectivity index (χ0v) is 17.3. The Labute approximate surface area is 189 Å². The van der Waals surface area contributed by atoms with Crippen LogP contribution in [-0.2, 0) is 6.18 Å². The van der Waals surface area contributed by atoms with Gasteiger partial charge in [0.05, 0.1) is 36.2 Å². The molecular formula is C21H18F5N5O3. The largest absolute Gasteiger partial charge is 0.476 e. The molecule has 13 heteroatoms. The van der Waals surface area contributed by atoms with Crippen molar-refractivity contribution in [1.82, 2.24) is 15.0 Å². The lowest BCUT2D eigenvalue weighted by molar-refractivity contribution is -0.137. The molecule has 2 aromatic heterocycles. The van der Waals surface area contributed by atoms with E-state index in [0.717, 1.165) is 36.8 Å². The number of alkyl halides is 3. The van der Waals surface area contributed by atoms with E-state index in [0.29, 0.717) is 6.07 Å². The van der Waals surface area contributed by atoms with Gasteiger partial charge in [-0.25, -0.2) is 18.7 Å². The maximum Gasteiger partial charge on any atom is 0.418 e. The third kappa shape index (κ3) is 5.61. The van der Waals surface area contributed by atoms with Gasteiger partial charge in [-0.3, -0.25) is 4.79 Å². The molecule has 4 N–H and O–H groups in total. The number of anilines is 1. The third-order valence-corrected chi connectivity index (χ3v) is 4.60. The minimum Gasteiger partial charge on any atom is -0.476 e. The van der Waals surface area contributed by atoms with E-state index in [1.165, 1.54) is 0 Å². The number of hydrogen-bond donors (Lipinski definition) is 3. The molecule has 1 amide bonds. The van der Waals surface area contributed by atoms with Crippen molar-refractivity contribution in [3.05, 3.63) is 65.7 Å². The number of halogens is 5. The molecule has 0 aliphatic heterocycles. The fraction of sp³-hybridized carbons (Fsp3) is 0.238. The molecule has 1 unspecified atom stereocenters. The zero-order valence-electron chi connectivity index (χ0n) is 17.3. The van der Waals surface area contributed by atoms with Gasteiger partial charge in [-0.15, -0.1) is 0 Å².